The largest absolute Gasteiger partial charge is 0.340 e. The van der Waals surface area contributed by atoms with Gasteiger partial charge < -0.3 is 16.0 Å². The maximum absolute atomic E-state index is 12.5. The van der Waals surface area contributed by atoms with Crippen molar-refractivity contribution in [1.82, 2.24) is 10.3 Å². The van der Waals surface area contributed by atoms with Crippen LogP contribution < -0.4 is 16.0 Å². The molecule has 7 nitrogen and oxygen atoms in total. The molecular formula is C20H16N4O3. The number of benzene rings is 2. The number of nitrogens with zero attached hydrogens (tertiary/aromatic N) is 1. The predicted molar refractivity (Wildman–Crippen MR) is 101 cm³/mol. The molecule has 27 heavy (non-hydrogen) atoms. The standard InChI is InChI=1S/C20H16N4O3/c25-17(22-15-9-3-5-12-6-4-10-21-18(12)15)11-16-20(27)23-14-8-2-1-7-13(14)19(26)24-16/h1-10,16H,11H2,(H,22,25)(H,23,27)(H,24,26). The number of nitrogens with one attached hydrogen (secondary N) is 3. The lowest BCUT2D eigenvalue weighted by molar-refractivity contribution is -0.122. The first-order valence-corrected chi connectivity index (χ1v) is 8.46. The van der Waals surface area contributed by atoms with Crippen molar-refractivity contribution in [3.8, 4) is 0 Å². The zero-order chi connectivity index (χ0) is 18.8. The molecule has 1 unspecified atom stereocenters. The molecule has 2 aromatic carbocycles. The van der Waals surface area contributed by atoms with Crippen molar-refractivity contribution in [3.63, 3.8) is 0 Å². The van der Waals surface area contributed by atoms with E-state index in [1.54, 1.807) is 36.5 Å². The Hall–Kier alpha value is -3.74. The van der Waals surface area contributed by atoms with Crippen LogP contribution in [0.15, 0.2) is 60.8 Å². The lowest BCUT2D eigenvalue weighted by Gasteiger charge is -2.15. The minimum Gasteiger partial charge on any atom is -0.340 e. The van der Waals surface area contributed by atoms with Crippen LogP contribution >= 0.6 is 0 Å². The van der Waals surface area contributed by atoms with E-state index in [4.69, 9.17) is 0 Å². The molecule has 0 aliphatic carbocycles. The first-order valence-electron chi connectivity index (χ1n) is 8.46. The van der Waals surface area contributed by atoms with Crippen molar-refractivity contribution < 1.29 is 14.4 Å². The monoisotopic (exact) mass is 360 g/mol. The topological polar surface area (TPSA) is 100 Å². The van der Waals surface area contributed by atoms with Gasteiger partial charge in [0, 0.05) is 11.6 Å². The maximum Gasteiger partial charge on any atom is 0.254 e. The van der Waals surface area contributed by atoms with Crippen LogP contribution in [0.4, 0.5) is 11.4 Å². The Labute approximate surface area is 154 Å². The predicted octanol–water partition coefficient (Wildman–Crippen LogP) is 2.31. The van der Waals surface area contributed by atoms with Gasteiger partial charge in [0.1, 0.15) is 6.04 Å². The van der Waals surface area contributed by atoms with Crippen LogP contribution in [0.5, 0.6) is 0 Å². The molecule has 134 valence electrons. The van der Waals surface area contributed by atoms with Gasteiger partial charge in [0.2, 0.25) is 11.8 Å². The summed E-state index contributed by atoms with van der Waals surface area (Å²) in [6.07, 6.45) is 1.46. The van der Waals surface area contributed by atoms with Gasteiger partial charge in [-0.15, -0.1) is 0 Å². The van der Waals surface area contributed by atoms with E-state index in [9.17, 15) is 14.4 Å². The quantitative estimate of drug-likeness (QED) is 0.667. The van der Waals surface area contributed by atoms with Gasteiger partial charge in [0.05, 0.1) is 28.9 Å². The summed E-state index contributed by atoms with van der Waals surface area (Å²) in [5.41, 5.74) is 2.02. The van der Waals surface area contributed by atoms with E-state index in [0.29, 0.717) is 22.5 Å². The number of hydrogen-bond acceptors (Lipinski definition) is 4. The Bertz CT molecular complexity index is 1060. The number of rotatable bonds is 3. The van der Waals surface area contributed by atoms with E-state index < -0.39 is 17.9 Å². The van der Waals surface area contributed by atoms with E-state index in [1.165, 1.54) is 0 Å². The van der Waals surface area contributed by atoms with Crippen molar-refractivity contribution in [3.05, 3.63) is 66.4 Å². The third-order valence-electron chi connectivity index (χ3n) is 4.35. The average Bonchev–Trinajstić information content (AvgIpc) is 2.79. The Morgan fingerprint density at radius 3 is 2.74 bits per heavy atom. The third-order valence-corrected chi connectivity index (χ3v) is 4.35. The summed E-state index contributed by atoms with van der Waals surface area (Å²) in [5.74, 6) is -1.22. The van der Waals surface area contributed by atoms with Crippen LogP contribution in [0.3, 0.4) is 0 Å². The van der Waals surface area contributed by atoms with E-state index in [1.807, 2.05) is 24.3 Å². The molecule has 0 fully saturated rings. The molecule has 2 heterocycles. The highest BCUT2D eigenvalue weighted by molar-refractivity contribution is 6.11. The summed E-state index contributed by atoms with van der Waals surface area (Å²) in [4.78, 5) is 41.5. The second-order valence-electron chi connectivity index (χ2n) is 6.19. The second-order valence-corrected chi connectivity index (χ2v) is 6.19. The number of pyridine rings is 1. The maximum atomic E-state index is 12.5. The normalized spacial score (nSPS) is 16.1. The highest BCUT2D eigenvalue weighted by atomic mass is 16.2. The number of fused-ring (bicyclic) bond motifs is 2. The van der Waals surface area contributed by atoms with Gasteiger partial charge in [0.25, 0.3) is 5.91 Å². The second kappa shape index (κ2) is 6.87. The summed E-state index contributed by atoms with van der Waals surface area (Å²) in [6.45, 7) is 0. The van der Waals surface area contributed by atoms with Gasteiger partial charge in [-0.05, 0) is 24.3 Å². The van der Waals surface area contributed by atoms with Crippen molar-refractivity contribution in [1.29, 1.82) is 0 Å². The first-order chi connectivity index (χ1) is 13.1. The van der Waals surface area contributed by atoms with E-state index in [0.717, 1.165) is 5.39 Å². The van der Waals surface area contributed by atoms with Gasteiger partial charge in [0.15, 0.2) is 0 Å². The number of anilines is 2. The number of carbonyl (C=O) groups is 3. The first kappa shape index (κ1) is 16.7. The van der Waals surface area contributed by atoms with Gasteiger partial charge >= 0.3 is 0 Å². The molecule has 7 heteroatoms. The van der Waals surface area contributed by atoms with E-state index >= 15 is 0 Å². The average molecular weight is 360 g/mol. The van der Waals surface area contributed by atoms with E-state index in [-0.39, 0.29) is 12.3 Å². The van der Waals surface area contributed by atoms with Gasteiger partial charge in [-0.3, -0.25) is 19.4 Å². The Balaban J connectivity index is 1.51. The highest BCUT2D eigenvalue weighted by Gasteiger charge is 2.29. The summed E-state index contributed by atoms with van der Waals surface area (Å²) < 4.78 is 0. The summed E-state index contributed by atoms with van der Waals surface area (Å²) in [6, 6.07) is 14.9. The number of hydrogen-bond donors (Lipinski definition) is 3. The summed E-state index contributed by atoms with van der Waals surface area (Å²) in [5, 5.41) is 8.97. The molecule has 4 rings (SSSR count). The molecule has 1 aliphatic heterocycles. The van der Waals surface area contributed by atoms with Gasteiger partial charge in [-0.1, -0.05) is 30.3 Å². The molecule has 0 bridgehead atoms. The van der Waals surface area contributed by atoms with Crippen LogP contribution in [-0.2, 0) is 9.59 Å². The Morgan fingerprint density at radius 2 is 1.85 bits per heavy atom. The Kier molecular flexibility index (Phi) is 4.25. The fourth-order valence-corrected chi connectivity index (χ4v) is 3.05. The lowest BCUT2D eigenvalue weighted by atomic mass is 10.1. The molecular weight excluding hydrogens is 344 g/mol. The number of carbonyl (C=O) groups excluding carboxylic acids is 3. The molecule has 0 radical (unpaired) electrons. The molecule has 1 atom stereocenters. The van der Waals surface area contributed by atoms with Gasteiger partial charge in [-0.2, -0.15) is 0 Å². The Morgan fingerprint density at radius 1 is 1.04 bits per heavy atom. The van der Waals surface area contributed by atoms with Crippen LogP contribution in [0.2, 0.25) is 0 Å². The zero-order valence-electron chi connectivity index (χ0n) is 14.2. The minimum absolute atomic E-state index is 0.186. The molecule has 3 aromatic rings. The highest BCUT2D eigenvalue weighted by Crippen LogP contribution is 2.22. The molecule has 1 aliphatic rings. The van der Waals surface area contributed by atoms with Crippen LogP contribution in [-0.4, -0.2) is 28.7 Å². The molecule has 3 N–H and O–H groups in total. The molecule has 0 spiro atoms. The smallest absolute Gasteiger partial charge is 0.254 e. The number of aromatic nitrogens is 1. The molecule has 1 aromatic heterocycles. The van der Waals surface area contributed by atoms with Crippen LogP contribution in [0.25, 0.3) is 10.9 Å². The van der Waals surface area contributed by atoms with Crippen molar-refractivity contribution >= 4 is 40.0 Å². The SMILES string of the molecule is O=C(CC1NC(=O)c2ccccc2NC1=O)Nc1cccc2cccnc12. The summed E-state index contributed by atoms with van der Waals surface area (Å²) >= 11 is 0. The lowest BCUT2D eigenvalue weighted by Crippen LogP contribution is -2.43. The van der Waals surface area contributed by atoms with E-state index in [2.05, 4.69) is 20.9 Å². The van der Waals surface area contributed by atoms with Crippen molar-refractivity contribution in [2.45, 2.75) is 12.5 Å². The fraction of sp³-hybridized carbons (Fsp3) is 0.100. The molecule has 3 amide bonds. The molecule has 0 saturated carbocycles. The van der Waals surface area contributed by atoms with Crippen LogP contribution in [0.1, 0.15) is 16.8 Å². The van der Waals surface area contributed by atoms with Gasteiger partial charge in [-0.25, -0.2) is 0 Å². The van der Waals surface area contributed by atoms with Crippen molar-refractivity contribution in [2.75, 3.05) is 10.6 Å². The van der Waals surface area contributed by atoms with Crippen molar-refractivity contribution in [2.24, 2.45) is 0 Å². The van der Waals surface area contributed by atoms with Crippen LogP contribution in [0, 0.1) is 0 Å². The number of para-hydroxylation sites is 2. The minimum atomic E-state index is -0.965. The third kappa shape index (κ3) is 3.35. The fourth-order valence-electron chi connectivity index (χ4n) is 3.05. The molecule has 0 saturated heterocycles. The zero-order valence-corrected chi connectivity index (χ0v) is 14.2. The summed E-state index contributed by atoms with van der Waals surface area (Å²) in [7, 11) is 0. The number of amides is 3.